The lowest BCUT2D eigenvalue weighted by molar-refractivity contribution is -0.124. The highest BCUT2D eigenvalue weighted by atomic mass is 16.5. The topological polar surface area (TPSA) is 73.6 Å². The van der Waals surface area contributed by atoms with Crippen LogP contribution >= 0.6 is 0 Å². The number of hydrogen-bond acceptors (Lipinski definition) is 4. The van der Waals surface area contributed by atoms with E-state index in [0.29, 0.717) is 19.6 Å². The molecule has 2 atom stereocenters. The summed E-state index contributed by atoms with van der Waals surface area (Å²) in [4.78, 5) is 11.5. The molecule has 0 aromatic rings. The Kier molecular flexibility index (Phi) is 8.27. The molecule has 0 spiro atoms. The highest BCUT2D eigenvalue weighted by Gasteiger charge is 2.14. The Morgan fingerprint density at radius 3 is 2.53 bits per heavy atom. The van der Waals surface area contributed by atoms with E-state index in [1.165, 1.54) is 0 Å². The number of rotatable bonds is 8. The van der Waals surface area contributed by atoms with Crippen LogP contribution in [-0.4, -0.2) is 45.4 Å². The van der Waals surface area contributed by atoms with Gasteiger partial charge in [-0.15, -0.1) is 0 Å². The van der Waals surface area contributed by atoms with Crippen molar-refractivity contribution >= 4 is 5.91 Å². The lowest BCUT2D eigenvalue weighted by Crippen LogP contribution is -2.40. The average molecular weight is 218 g/mol. The average Bonchev–Trinajstić information content (AvgIpc) is 2.25. The summed E-state index contributed by atoms with van der Waals surface area (Å²) in [5.74, 6) is -0.0452. The van der Waals surface area contributed by atoms with Crippen LogP contribution in [0, 0.1) is 0 Å². The molecule has 0 fully saturated rings. The Morgan fingerprint density at radius 2 is 2.13 bits per heavy atom. The van der Waals surface area contributed by atoms with Gasteiger partial charge in [0.05, 0.1) is 25.2 Å². The largest absolute Gasteiger partial charge is 0.383 e. The zero-order valence-electron chi connectivity index (χ0n) is 9.79. The van der Waals surface area contributed by atoms with Crippen molar-refractivity contribution in [2.24, 2.45) is 5.73 Å². The van der Waals surface area contributed by atoms with Crippen molar-refractivity contribution in [2.75, 3.05) is 27.4 Å². The zero-order valence-corrected chi connectivity index (χ0v) is 9.79. The number of ether oxygens (including phenoxy) is 2. The fourth-order valence-electron chi connectivity index (χ4n) is 1.22. The van der Waals surface area contributed by atoms with Gasteiger partial charge in [-0.2, -0.15) is 0 Å². The van der Waals surface area contributed by atoms with E-state index in [0.717, 1.165) is 6.42 Å². The monoisotopic (exact) mass is 218 g/mol. The minimum absolute atomic E-state index is 0.0452. The summed E-state index contributed by atoms with van der Waals surface area (Å²) in [6.45, 7) is 2.88. The van der Waals surface area contributed by atoms with Crippen LogP contribution in [-0.2, 0) is 14.3 Å². The number of amides is 1. The fraction of sp³-hybridized carbons (Fsp3) is 0.900. The maximum Gasteiger partial charge on any atom is 0.222 e. The summed E-state index contributed by atoms with van der Waals surface area (Å²) in [7, 11) is 3.17. The van der Waals surface area contributed by atoms with Crippen LogP contribution in [0.25, 0.3) is 0 Å². The first kappa shape index (κ1) is 14.3. The van der Waals surface area contributed by atoms with Crippen molar-refractivity contribution in [3.8, 4) is 0 Å². The molecule has 15 heavy (non-hydrogen) atoms. The van der Waals surface area contributed by atoms with Crippen molar-refractivity contribution in [1.29, 1.82) is 0 Å². The first-order valence-electron chi connectivity index (χ1n) is 5.19. The van der Waals surface area contributed by atoms with Gasteiger partial charge in [0.25, 0.3) is 0 Å². The Bertz CT molecular complexity index is 172. The van der Waals surface area contributed by atoms with E-state index in [-0.39, 0.29) is 18.1 Å². The Labute approximate surface area is 91.3 Å². The Balaban J connectivity index is 3.88. The Morgan fingerprint density at radius 1 is 1.47 bits per heavy atom. The van der Waals surface area contributed by atoms with Gasteiger partial charge in [0, 0.05) is 20.8 Å². The zero-order chi connectivity index (χ0) is 11.7. The van der Waals surface area contributed by atoms with E-state index < -0.39 is 0 Å². The molecule has 3 N–H and O–H groups in total. The normalized spacial score (nSPS) is 14.7. The fourth-order valence-corrected chi connectivity index (χ4v) is 1.22. The maximum atomic E-state index is 11.5. The molecule has 0 heterocycles. The second kappa shape index (κ2) is 8.64. The summed E-state index contributed by atoms with van der Waals surface area (Å²) in [6, 6.07) is 0.0674. The summed E-state index contributed by atoms with van der Waals surface area (Å²) in [6.07, 6.45) is 0.942. The third-order valence-corrected chi connectivity index (χ3v) is 2.24. The predicted molar refractivity (Wildman–Crippen MR) is 58.6 cm³/mol. The van der Waals surface area contributed by atoms with Crippen LogP contribution in [0.4, 0.5) is 0 Å². The molecular formula is C10H22N2O3. The van der Waals surface area contributed by atoms with E-state index in [9.17, 15) is 4.79 Å². The first-order valence-corrected chi connectivity index (χ1v) is 5.19. The third-order valence-electron chi connectivity index (χ3n) is 2.24. The second-order valence-electron chi connectivity index (χ2n) is 3.43. The lowest BCUT2D eigenvalue weighted by Gasteiger charge is -2.18. The van der Waals surface area contributed by atoms with Crippen molar-refractivity contribution in [2.45, 2.75) is 31.9 Å². The molecular weight excluding hydrogens is 196 g/mol. The van der Waals surface area contributed by atoms with Crippen LogP contribution in [0.2, 0.25) is 0 Å². The van der Waals surface area contributed by atoms with Gasteiger partial charge in [-0.05, 0) is 6.42 Å². The second-order valence-corrected chi connectivity index (χ2v) is 3.43. The van der Waals surface area contributed by atoms with Gasteiger partial charge < -0.3 is 20.5 Å². The standard InChI is InChI=1S/C10H22N2O3/c1-4-8(7-14-2)12-10(13)5-9(6-11)15-3/h8-9H,4-7,11H2,1-3H3,(H,12,13). The van der Waals surface area contributed by atoms with Crippen molar-refractivity contribution in [3.05, 3.63) is 0 Å². The van der Waals surface area contributed by atoms with Gasteiger partial charge in [0.1, 0.15) is 0 Å². The van der Waals surface area contributed by atoms with Gasteiger partial charge in [-0.3, -0.25) is 4.79 Å². The van der Waals surface area contributed by atoms with Gasteiger partial charge >= 0.3 is 0 Å². The van der Waals surface area contributed by atoms with E-state index in [1.807, 2.05) is 6.92 Å². The predicted octanol–water partition coefficient (Wildman–Crippen LogP) is -0.109. The summed E-state index contributed by atoms with van der Waals surface area (Å²) in [5, 5.41) is 2.87. The molecule has 90 valence electrons. The quantitative estimate of drug-likeness (QED) is 0.596. The molecule has 0 aliphatic rings. The van der Waals surface area contributed by atoms with Crippen LogP contribution in [0.3, 0.4) is 0 Å². The highest BCUT2D eigenvalue weighted by Crippen LogP contribution is 1.97. The summed E-state index contributed by atoms with van der Waals surface area (Å²) >= 11 is 0. The molecule has 0 aromatic carbocycles. The molecule has 0 aromatic heterocycles. The number of carbonyl (C=O) groups excluding carboxylic acids is 1. The molecule has 0 saturated carbocycles. The number of nitrogens with one attached hydrogen (secondary N) is 1. The number of methoxy groups -OCH3 is 2. The van der Waals surface area contributed by atoms with Gasteiger partial charge in [-0.1, -0.05) is 6.92 Å². The molecule has 0 rings (SSSR count). The molecule has 2 unspecified atom stereocenters. The van der Waals surface area contributed by atoms with Crippen LogP contribution < -0.4 is 11.1 Å². The van der Waals surface area contributed by atoms with Crippen LogP contribution in [0.5, 0.6) is 0 Å². The highest BCUT2D eigenvalue weighted by molar-refractivity contribution is 5.76. The van der Waals surface area contributed by atoms with Crippen LogP contribution in [0.15, 0.2) is 0 Å². The van der Waals surface area contributed by atoms with Crippen molar-refractivity contribution in [3.63, 3.8) is 0 Å². The van der Waals surface area contributed by atoms with E-state index in [2.05, 4.69) is 5.32 Å². The maximum absolute atomic E-state index is 11.5. The van der Waals surface area contributed by atoms with Gasteiger partial charge in [0.2, 0.25) is 5.91 Å². The molecule has 5 nitrogen and oxygen atoms in total. The molecule has 1 amide bonds. The minimum atomic E-state index is -0.204. The number of nitrogens with two attached hydrogens (primary N) is 1. The minimum Gasteiger partial charge on any atom is -0.383 e. The van der Waals surface area contributed by atoms with Gasteiger partial charge in [-0.25, -0.2) is 0 Å². The molecule has 0 saturated heterocycles. The summed E-state index contributed by atoms with van der Waals surface area (Å²) < 4.78 is 10.0. The SMILES string of the molecule is CCC(COC)NC(=O)CC(CN)OC. The van der Waals surface area contributed by atoms with E-state index in [4.69, 9.17) is 15.2 Å². The lowest BCUT2D eigenvalue weighted by atomic mass is 10.2. The van der Waals surface area contributed by atoms with E-state index in [1.54, 1.807) is 14.2 Å². The Hall–Kier alpha value is -0.650. The summed E-state index contributed by atoms with van der Waals surface area (Å²) in [5.41, 5.74) is 5.42. The third kappa shape index (κ3) is 6.43. The van der Waals surface area contributed by atoms with E-state index >= 15 is 0 Å². The number of carbonyl (C=O) groups is 1. The molecule has 0 aliphatic heterocycles. The van der Waals surface area contributed by atoms with Crippen LogP contribution in [0.1, 0.15) is 19.8 Å². The molecule has 0 radical (unpaired) electrons. The van der Waals surface area contributed by atoms with Crippen molar-refractivity contribution in [1.82, 2.24) is 5.32 Å². The molecule has 5 heteroatoms. The molecule has 0 bridgehead atoms. The van der Waals surface area contributed by atoms with Gasteiger partial charge in [0.15, 0.2) is 0 Å². The first-order chi connectivity index (χ1) is 7.17. The molecule has 0 aliphatic carbocycles. The number of hydrogen-bond donors (Lipinski definition) is 2. The smallest absolute Gasteiger partial charge is 0.222 e. The van der Waals surface area contributed by atoms with Crippen molar-refractivity contribution < 1.29 is 14.3 Å².